The number of likely N-dealkylation sites (tertiary alicyclic amines) is 1. The third-order valence-electron chi connectivity index (χ3n) is 3.61. The first-order chi connectivity index (χ1) is 11.8. The number of methoxy groups -OCH3 is 1. The second-order valence-corrected chi connectivity index (χ2v) is 5.40. The van der Waals surface area contributed by atoms with E-state index in [2.05, 4.69) is 20.1 Å². The molecule has 0 aromatic heterocycles. The molecule has 138 valence electrons. The van der Waals surface area contributed by atoms with E-state index >= 15 is 0 Å². The second-order valence-electron chi connectivity index (χ2n) is 5.40. The number of carbonyl (C=O) groups is 2. The summed E-state index contributed by atoms with van der Waals surface area (Å²) in [6.07, 6.45) is -3.99. The fourth-order valence-corrected chi connectivity index (χ4v) is 2.43. The third-order valence-corrected chi connectivity index (χ3v) is 3.61. The molecule has 0 unspecified atom stereocenters. The maximum absolute atomic E-state index is 12.1. The Bertz CT molecular complexity index is 599. The molecule has 3 amide bonds. The minimum Gasteiger partial charge on any atom is -0.453 e. The van der Waals surface area contributed by atoms with Crippen molar-refractivity contribution < 1.29 is 32.2 Å². The van der Waals surface area contributed by atoms with Gasteiger partial charge in [-0.2, -0.15) is 0 Å². The van der Waals surface area contributed by atoms with Crippen molar-refractivity contribution in [2.75, 3.05) is 25.5 Å². The first-order valence-corrected chi connectivity index (χ1v) is 7.53. The van der Waals surface area contributed by atoms with Crippen molar-refractivity contribution in [3.63, 3.8) is 0 Å². The second kappa shape index (κ2) is 7.95. The van der Waals surface area contributed by atoms with Gasteiger partial charge in [0, 0.05) is 24.8 Å². The van der Waals surface area contributed by atoms with Gasteiger partial charge in [0.05, 0.1) is 7.11 Å². The van der Waals surface area contributed by atoms with Gasteiger partial charge in [-0.15, -0.1) is 13.2 Å². The Labute approximate surface area is 142 Å². The lowest BCUT2D eigenvalue weighted by molar-refractivity contribution is -0.274. The lowest BCUT2D eigenvalue weighted by atomic mass is 10.1. The van der Waals surface area contributed by atoms with Crippen LogP contribution in [0.3, 0.4) is 0 Å². The maximum Gasteiger partial charge on any atom is 0.573 e. The van der Waals surface area contributed by atoms with Crippen LogP contribution < -0.4 is 15.4 Å². The number of urea groups is 1. The topological polar surface area (TPSA) is 79.9 Å². The number of halogens is 3. The molecule has 0 atom stereocenters. The van der Waals surface area contributed by atoms with Crippen LogP contribution in [0, 0.1) is 0 Å². The van der Waals surface area contributed by atoms with Crippen molar-refractivity contribution in [1.82, 2.24) is 10.2 Å². The van der Waals surface area contributed by atoms with Crippen molar-refractivity contribution in [3.05, 3.63) is 24.3 Å². The smallest absolute Gasteiger partial charge is 0.453 e. The van der Waals surface area contributed by atoms with Crippen LogP contribution in [0.25, 0.3) is 0 Å². The first-order valence-electron chi connectivity index (χ1n) is 7.53. The number of amides is 3. The summed E-state index contributed by atoms with van der Waals surface area (Å²) in [6.45, 7) is 0.947. The van der Waals surface area contributed by atoms with E-state index in [0.717, 1.165) is 12.1 Å². The van der Waals surface area contributed by atoms with Crippen LogP contribution >= 0.6 is 0 Å². The van der Waals surface area contributed by atoms with Gasteiger partial charge in [0.25, 0.3) is 0 Å². The van der Waals surface area contributed by atoms with Crippen molar-refractivity contribution >= 4 is 17.8 Å². The number of rotatable bonds is 3. The van der Waals surface area contributed by atoms with Crippen molar-refractivity contribution in [1.29, 1.82) is 0 Å². The summed E-state index contributed by atoms with van der Waals surface area (Å²) in [7, 11) is 1.31. The Morgan fingerprint density at radius 2 is 1.76 bits per heavy atom. The summed E-state index contributed by atoms with van der Waals surface area (Å²) in [6, 6.07) is 4.26. The molecule has 1 saturated heterocycles. The summed E-state index contributed by atoms with van der Waals surface area (Å²) < 4.78 is 44.6. The Hall–Kier alpha value is -2.65. The van der Waals surface area contributed by atoms with Crippen LogP contribution in [0.5, 0.6) is 5.75 Å². The Balaban J connectivity index is 1.78. The molecule has 25 heavy (non-hydrogen) atoms. The van der Waals surface area contributed by atoms with Gasteiger partial charge in [-0.1, -0.05) is 0 Å². The molecule has 1 aliphatic heterocycles. The molecule has 0 spiro atoms. The van der Waals surface area contributed by atoms with Gasteiger partial charge in [0.15, 0.2) is 0 Å². The zero-order chi connectivity index (χ0) is 18.4. The average molecular weight is 361 g/mol. The molecule has 10 heteroatoms. The van der Waals surface area contributed by atoms with Crippen molar-refractivity contribution in [3.8, 4) is 5.75 Å². The number of piperidine rings is 1. The number of hydrogen-bond donors (Lipinski definition) is 2. The number of hydrogen-bond acceptors (Lipinski definition) is 4. The zero-order valence-electron chi connectivity index (χ0n) is 13.4. The third kappa shape index (κ3) is 6.05. The quantitative estimate of drug-likeness (QED) is 0.868. The predicted octanol–water partition coefficient (Wildman–Crippen LogP) is 2.94. The van der Waals surface area contributed by atoms with Crippen LogP contribution in [0.1, 0.15) is 12.8 Å². The molecule has 0 aliphatic carbocycles. The molecule has 0 bridgehead atoms. The van der Waals surface area contributed by atoms with Gasteiger partial charge in [0.1, 0.15) is 5.75 Å². The minimum atomic E-state index is -4.76. The van der Waals surface area contributed by atoms with E-state index in [0.29, 0.717) is 31.6 Å². The SMILES string of the molecule is COC(=O)N1CCC(NC(=O)Nc2ccc(OC(F)(F)F)cc2)CC1. The summed E-state index contributed by atoms with van der Waals surface area (Å²) in [5.74, 6) is -0.367. The monoisotopic (exact) mass is 361 g/mol. The lowest BCUT2D eigenvalue weighted by Gasteiger charge is -2.31. The van der Waals surface area contributed by atoms with Crippen LogP contribution in [0.2, 0.25) is 0 Å². The molecule has 2 rings (SSSR count). The van der Waals surface area contributed by atoms with E-state index in [1.165, 1.54) is 19.2 Å². The molecule has 1 aliphatic rings. The Morgan fingerprint density at radius 1 is 1.16 bits per heavy atom. The van der Waals surface area contributed by atoms with E-state index in [1.807, 2.05) is 0 Å². The number of nitrogens with one attached hydrogen (secondary N) is 2. The molecule has 7 nitrogen and oxygen atoms in total. The number of benzene rings is 1. The fraction of sp³-hybridized carbons (Fsp3) is 0.467. The van der Waals surface area contributed by atoms with Crippen LogP contribution in [0.15, 0.2) is 24.3 Å². The molecule has 2 N–H and O–H groups in total. The highest BCUT2D eigenvalue weighted by Crippen LogP contribution is 2.24. The van der Waals surface area contributed by atoms with E-state index in [1.54, 1.807) is 4.90 Å². The minimum absolute atomic E-state index is 0.103. The van der Waals surface area contributed by atoms with E-state index in [4.69, 9.17) is 0 Å². The molecular formula is C15H18F3N3O4. The molecule has 0 radical (unpaired) electrons. The standard InChI is InChI=1S/C15H18F3N3O4/c1-24-14(23)21-8-6-11(7-9-21)20-13(22)19-10-2-4-12(5-3-10)25-15(16,17)18/h2-5,11H,6-9H2,1H3,(H2,19,20,22). The van der Waals surface area contributed by atoms with E-state index in [-0.39, 0.29) is 11.8 Å². The van der Waals surface area contributed by atoms with Gasteiger partial charge in [-0.05, 0) is 37.1 Å². The summed E-state index contributed by atoms with van der Waals surface area (Å²) in [5, 5.41) is 5.29. The number of carbonyl (C=O) groups excluding carboxylic acids is 2. The highest BCUT2D eigenvalue weighted by molar-refractivity contribution is 5.89. The van der Waals surface area contributed by atoms with E-state index < -0.39 is 18.5 Å². The van der Waals surface area contributed by atoms with Gasteiger partial charge in [-0.25, -0.2) is 9.59 Å². The first kappa shape index (κ1) is 18.7. The van der Waals surface area contributed by atoms with E-state index in [9.17, 15) is 22.8 Å². The number of ether oxygens (including phenoxy) is 2. The summed E-state index contributed by atoms with van der Waals surface area (Å²) >= 11 is 0. The number of anilines is 1. The Kier molecular flexibility index (Phi) is 5.94. The average Bonchev–Trinajstić information content (AvgIpc) is 2.55. The summed E-state index contributed by atoms with van der Waals surface area (Å²) in [5.41, 5.74) is 0.332. The zero-order valence-corrected chi connectivity index (χ0v) is 13.4. The van der Waals surface area contributed by atoms with Crippen LogP contribution in [-0.2, 0) is 4.74 Å². The molecular weight excluding hydrogens is 343 g/mol. The van der Waals surface area contributed by atoms with Gasteiger partial charge in [0.2, 0.25) is 0 Å². The number of alkyl halides is 3. The van der Waals surface area contributed by atoms with Crippen molar-refractivity contribution in [2.45, 2.75) is 25.2 Å². The largest absolute Gasteiger partial charge is 0.573 e. The lowest BCUT2D eigenvalue weighted by Crippen LogP contribution is -2.47. The molecule has 1 fully saturated rings. The van der Waals surface area contributed by atoms with Crippen LogP contribution in [-0.4, -0.2) is 49.6 Å². The molecule has 1 heterocycles. The fourth-order valence-electron chi connectivity index (χ4n) is 2.43. The van der Waals surface area contributed by atoms with Gasteiger partial charge >= 0.3 is 18.5 Å². The maximum atomic E-state index is 12.1. The number of nitrogens with zero attached hydrogens (tertiary/aromatic N) is 1. The van der Waals surface area contributed by atoms with Crippen LogP contribution in [0.4, 0.5) is 28.4 Å². The summed E-state index contributed by atoms with van der Waals surface area (Å²) in [4.78, 5) is 24.9. The Morgan fingerprint density at radius 3 is 2.28 bits per heavy atom. The molecule has 1 aromatic carbocycles. The predicted molar refractivity (Wildman–Crippen MR) is 82.3 cm³/mol. The highest BCUT2D eigenvalue weighted by atomic mass is 19.4. The molecule has 0 saturated carbocycles. The normalized spacial score (nSPS) is 15.4. The van der Waals surface area contributed by atoms with Crippen molar-refractivity contribution in [2.24, 2.45) is 0 Å². The highest BCUT2D eigenvalue weighted by Gasteiger charge is 2.31. The van der Waals surface area contributed by atoms with Gasteiger partial charge < -0.3 is 25.0 Å². The van der Waals surface area contributed by atoms with Gasteiger partial charge in [-0.3, -0.25) is 0 Å². The molecule has 1 aromatic rings.